The zero-order valence-electron chi connectivity index (χ0n) is 24.3. The van der Waals surface area contributed by atoms with Gasteiger partial charge in [-0.1, -0.05) is 38.1 Å². The summed E-state index contributed by atoms with van der Waals surface area (Å²) in [6, 6.07) is 8.67. The Bertz CT molecular complexity index is 1320. The molecule has 0 spiro atoms. The second kappa shape index (κ2) is 17.1. The number of carboxylic acid groups (broad SMARTS) is 1. The van der Waals surface area contributed by atoms with E-state index < -0.39 is 79.2 Å². The summed E-state index contributed by atoms with van der Waals surface area (Å²) < 4.78 is 0. The van der Waals surface area contributed by atoms with Gasteiger partial charge in [0, 0.05) is 6.42 Å². The molecule has 0 unspecified atom stereocenters. The van der Waals surface area contributed by atoms with Gasteiger partial charge in [0.15, 0.2) is 0 Å². The molecule has 10 N–H and O–H groups in total. The number of phenols is 2. The first-order chi connectivity index (χ1) is 20.7. The Morgan fingerprint density at radius 2 is 1.11 bits per heavy atom. The fourth-order valence-corrected chi connectivity index (χ4v) is 3.87. The van der Waals surface area contributed by atoms with Crippen molar-refractivity contribution in [2.45, 2.75) is 44.8 Å². The minimum absolute atomic E-state index is 0.00953. The standard InChI is InChI=1S/C29H38N6O9/c1-16(2)26(29(43)44)35-25(40)15-33-28(42)22(12-18-5-9-20(37)10-6-18)34-24(39)14-31-23(38)13-32-27(41)21(30)11-17-3-7-19(36)8-4-17/h3-10,16,21-22,26,36-37H,11-15,30H2,1-2H3,(H,31,38)(H,32,41)(H,33,42)(H,34,39)(H,35,40)(H,43,44)/t21-,22-,26-/m0/s1. The van der Waals surface area contributed by atoms with E-state index in [0.717, 1.165) is 0 Å². The first-order valence-electron chi connectivity index (χ1n) is 13.7. The van der Waals surface area contributed by atoms with Gasteiger partial charge >= 0.3 is 5.97 Å². The van der Waals surface area contributed by atoms with Crippen LogP contribution in [-0.2, 0) is 41.6 Å². The quantitative estimate of drug-likeness (QED) is 0.103. The number of phenolic OH excluding ortho intramolecular Hbond substituents is 2. The number of nitrogens with one attached hydrogen (secondary N) is 5. The summed E-state index contributed by atoms with van der Waals surface area (Å²) in [7, 11) is 0. The molecule has 0 saturated heterocycles. The van der Waals surface area contributed by atoms with Gasteiger partial charge in [-0.2, -0.15) is 0 Å². The van der Waals surface area contributed by atoms with Crippen LogP contribution < -0.4 is 32.3 Å². The predicted octanol–water partition coefficient (Wildman–Crippen LogP) is -1.73. The highest BCUT2D eigenvalue weighted by atomic mass is 16.4. The van der Waals surface area contributed by atoms with E-state index in [4.69, 9.17) is 5.73 Å². The van der Waals surface area contributed by atoms with E-state index in [-0.39, 0.29) is 24.3 Å². The average molecular weight is 615 g/mol. The number of benzene rings is 2. The molecule has 2 rings (SSSR count). The maximum Gasteiger partial charge on any atom is 0.326 e. The molecule has 44 heavy (non-hydrogen) atoms. The Labute approximate surface area is 253 Å². The molecule has 15 heteroatoms. The normalized spacial score (nSPS) is 12.7. The third kappa shape index (κ3) is 12.4. The van der Waals surface area contributed by atoms with Crippen LogP contribution in [-0.4, -0.2) is 88.6 Å². The molecule has 2 aromatic rings. The van der Waals surface area contributed by atoms with Gasteiger partial charge < -0.3 is 47.6 Å². The van der Waals surface area contributed by atoms with E-state index in [9.17, 15) is 44.1 Å². The predicted molar refractivity (Wildman–Crippen MR) is 157 cm³/mol. The third-order valence-electron chi connectivity index (χ3n) is 6.30. The Balaban J connectivity index is 1.89. The summed E-state index contributed by atoms with van der Waals surface area (Å²) in [6.45, 7) is 1.67. The van der Waals surface area contributed by atoms with Gasteiger partial charge in [-0.15, -0.1) is 0 Å². The lowest BCUT2D eigenvalue weighted by atomic mass is 10.0. The van der Waals surface area contributed by atoms with Crippen molar-refractivity contribution >= 4 is 35.5 Å². The third-order valence-corrected chi connectivity index (χ3v) is 6.30. The van der Waals surface area contributed by atoms with Gasteiger partial charge in [0.05, 0.1) is 25.7 Å². The summed E-state index contributed by atoms with van der Waals surface area (Å²) in [5.41, 5.74) is 7.14. The summed E-state index contributed by atoms with van der Waals surface area (Å²) in [4.78, 5) is 73.5. The highest BCUT2D eigenvalue weighted by Gasteiger charge is 2.25. The van der Waals surface area contributed by atoms with Gasteiger partial charge in [0.1, 0.15) is 23.6 Å². The zero-order chi connectivity index (χ0) is 32.8. The molecule has 3 atom stereocenters. The van der Waals surface area contributed by atoms with E-state index >= 15 is 0 Å². The summed E-state index contributed by atoms with van der Waals surface area (Å²) in [6.07, 6.45) is 0.131. The topological polar surface area (TPSA) is 249 Å². The van der Waals surface area contributed by atoms with Crippen LogP contribution in [0.3, 0.4) is 0 Å². The van der Waals surface area contributed by atoms with Crippen LogP contribution >= 0.6 is 0 Å². The fraction of sp³-hybridized carbons (Fsp3) is 0.379. The van der Waals surface area contributed by atoms with E-state index in [1.165, 1.54) is 36.4 Å². The molecule has 5 amide bonds. The van der Waals surface area contributed by atoms with Crippen LogP contribution in [0.5, 0.6) is 11.5 Å². The number of aliphatic carboxylic acids is 1. The molecule has 0 saturated carbocycles. The summed E-state index contributed by atoms with van der Waals surface area (Å²) in [5, 5.41) is 40.0. The molecule has 0 aliphatic heterocycles. The summed E-state index contributed by atoms with van der Waals surface area (Å²) >= 11 is 0. The largest absolute Gasteiger partial charge is 0.508 e. The highest BCUT2D eigenvalue weighted by Crippen LogP contribution is 2.12. The highest BCUT2D eigenvalue weighted by molar-refractivity contribution is 5.93. The molecule has 0 fully saturated rings. The molecule has 0 aromatic heterocycles. The smallest absolute Gasteiger partial charge is 0.326 e. The van der Waals surface area contributed by atoms with Crippen molar-refractivity contribution in [2.24, 2.45) is 11.7 Å². The first-order valence-corrected chi connectivity index (χ1v) is 13.7. The molecule has 0 aliphatic carbocycles. The van der Waals surface area contributed by atoms with Crippen molar-refractivity contribution in [3.63, 3.8) is 0 Å². The van der Waals surface area contributed by atoms with Crippen LogP contribution in [0.2, 0.25) is 0 Å². The number of nitrogens with two attached hydrogens (primary N) is 1. The van der Waals surface area contributed by atoms with Crippen molar-refractivity contribution in [1.29, 1.82) is 0 Å². The van der Waals surface area contributed by atoms with Crippen LogP contribution in [0.4, 0.5) is 0 Å². The lowest BCUT2D eigenvalue weighted by molar-refractivity contribution is -0.143. The number of hydrogen-bond acceptors (Lipinski definition) is 9. The lowest BCUT2D eigenvalue weighted by Gasteiger charge is -2.20. The molecule has 0 radical (unpaired) electrons. The van der Waals surface area contributed by atoms with Crippen LogP contribution in [0, 0.1) is 5.92 Å². The Hall–Kier alpha value is -5.18. The summed E-state index contributed by atoms with van der Waals surface area (Å²) in [5.74, 6) is -5.11. The Morgan fingerprint density at radius 1 is 0.659 bits per heavy atom. The fourth-order valence-electron chi connectivity index (χ4n) is 3.87. The second-order valence-corrected chi connectivity index (χ2v) is 10.3. The van der Waals surface area contributed by atoms with Crippen LogP contribution in [0.15, 0.2) is 48.5 Å². The van der Waals surface area contributed by atoms with E-state index in [2.05, 4.69) is 26.6 Å². The maximum atomic E-state index is 12.9. The van der Waals surface area contributed by atoms with Crippen molar-refractivity contribution in [3.8, 4) is 11.5 Å². The number of carbonyl (C=O) groups is 6. The van der Waals surface area contributed by atoms with Crippen molar-refractivity contribution in [1.82, 2.24) is 26.6 Å². The zero-order valence-corrected chi connectivity index (χ0v) is 24.3. The minimum Gasteiger partial charge on any atom is -0.508 e. The lowest BCUT2D eigenvalue weighted by Crippen LogP contribution is -2.53. The average Bonchev–Trinajstić information content (AvgIpc) is 2.97. The van der Waals surface area contributed by atoms with Gasteiger partial charge in [0.2, 0.25) is 29.5 Å². The monoisotopic (exact) mass is 614 g/mol. The van der Waals surface area contributed by atoms with Gasteiger partial charge in [-0.3, -0.25) is 24.0 Å². The number of aromatic hydroxyl groups is 2. The molecular formula is C29H38N6O9. The van der Waals surface area contributed by atoms with Gasteiger partial charge in [0.25, 0.3) is 0 Å². The van der Waals surface area contributed by atoms with Gasteiger partial charge in [-0.25, -0.2) is 4.79 Å². The molecule has 0 bridgehead atoms. The molecule has 0 heterocycles. The van der Waals surface area contributed by atoms with Crippen molar-refractivity contribution in [2.75, 3.05) is 19.6 Å². The molecular weight excluding hydrogens is 576 g/mol. The molecule has 2 aromatic carbocycles. The van der Waals surface area contributed by atoms with E-state index in [1.807, 2.05) is 0 Å². The van der Waals surface area contributed by atoms with Crippen molar-refractivity contribution < 1.29 is 44.1 Å². The first kappa shape index (κ1) is 35.0. The number of amides is 5. The Kier molecular flexibility index (Phi) is 13.6. The van der Waals surface area contributed by atoms with E-state index in [1.54, 1.807) is 26.0 Å². The number of rotatable bonds is 16. The molecule has 15 nitrogen and oxygen atoms in total. The SMILES string of the molecule is CC(C)[C@H](NC(=O)CNC(=O)[C@H](Cc1ccc(O)cc1)NC(=O)CNC(=O)CNC(=O)[C@@H](N)Cc1ccc(O)cc1)C(=O)O. The molecule has 0 aliphatic rings. The minimum atomic E-state index is -1.23. The number of carboxylic acids is 1. The second-order valence-electron chi connectivity index (χ2n) is 10.3. The molecule has 238 valence electrons. The number of hydrogen-bond donors (Lipinski definition) is 9. The van der Waals surface area contributed by atoms with E-state index in [0.29, 0.717) is 11.1 Å². The number of carbonyl (C=O) groups excluding carboxylic acids is 5. The maximum absolute atomic E-state index is 12.9. The van der Waals surface area contributed by atoms with Crippen LogP contribution in [0.1, 0.15) is 25.0 Å². The van der Waals surface area contributed by atoms with Gasteiger partial charge in [-0.05, 0) is 47.7 Å². The Morgan fingerprint density at radius 3 is 1.64 bits per heavy atom. The van der Waals surface area contributed by atoms with Crippen LogP contribution in [0.25, 0.3) is 0 Å². The van der Waals surface area contributed by atoms with Crippen molar-refractivity contribution in [3.05, 3.63) is 59.7 Å².